The van der Waals surface area contributed by atoms with Crippen LogP contribution in [0.15, 0.2) is 36.8 Å². The van der Waals surface area contributed by atoms with E-state index in [4.69, 9.17) is 14.9 Å². The van der Waals surface area contributed by atoms with E-state index in [1.165, 1.54) is 21.3 Å². The molecule has 3 aromatic heterocycles. The summed E-state index contributed by atoms with van der Waals surface area (Å²) in [5.41, 5.74) is 1.24. The van der Waals surface area contributed by atoms with Crippen LogP contribution in [0.25, 0.3) is 0 Å². The number of hydrogen-bond acceptors (Lipinski definition) is 5. The Kier molecular flexibility index (Phi) is 6.61. The Hall–Kier alpha value is -2.66. The minimum atomic E-state index is -5.08. The van der Waals surface area contributed by atoms with E-state index in [1.807, 2.05) is 40.7 Å². The van der Waals surface area contributed by atoms with E-state index in [0.29, 0.717) is 6.04 Å². The third-order valence-electron chi connectivity index (χ3n) is 4.78. The van der Waals surface area contributed by atoms with E-state index in [1.54, 1.807) is 0 Å². The number of fused-ring (bicyclic) bond motifs is 1. The second-order valence-corrected chi connectivity index (χ2v) is 8.30. The predicted molar refractivity (Wildman–Crippen MR) is 105 cm³/mol. The van der Waals surface area contributed by atoms with Gasteiger partial charge < -0.3 is 9.67 Å². The predicted octanol–water partition coefficient (Wildman–Crippen LogP) is 3.71. The molecule has 0 saturated heterocycles. The average molecular weight is 441 g/mol. The molecule has 4 rings (SSSR count). The van der Waals surface area contributed by atoms with E-state index in [2.05, 4.69) is 40.5 Å². The number of aryl methyl sites for hydroxylation is 1. The van der Waals surface area contributed by atoms with Crippen molar-refractivity contribution >= 4 is 17.3 Å². The van der Waals surface area contributed by atoms with Crippen molar-refractivity contribution in [3.05, 3.63) is 58.1 Å². The highest BCUT2D eigenvalue weighted by molar-refractivity contribution is 7.11. The van der Waals surface area contributed by atoms with Gasteiger partial charge in [-0.3, -0.25) is 9.58 Å². The number of carbonyl (C=O) groups is 1. The maximum absolute atomic E-state index is 10.6. The molecule has 4 heterocycles. The van der Waals surface area contributed by atoms with Gasteiger partial charge in [-0.2, -0.15) is 18.3 Å². The van der Waals surface area contributed by atoms with Crippen LogP contribution < -0.4 is 0 Å². The quantitative estimate of drug-likeness (QED) is 0.668. The number of aromatic nitrogens is 4. The van der Waals surface area contributed by atoms with Crippen LogP contribution in [0.5, 0.6) is 0 Å². The van der Waals surface area contributed by atoms with E-state index in [0.717, 1.165) is 26.2 Å². The standard InChI is InChI=1S/C17H21N5S.C2HF3O2/c1-13-4-5-16(23-13)12-20-8-9-22-15(10-18-17(22)14(20)2)11-21-7-3-6-19-21;3-2(4,5)1(6)7/h3-7,10,14H,8-9,11-12H2,1-2H3;(H,6,7). The second-order valence-electron chi connectivity index (χ2n) is 6.92. The summed E-state index contributed by atoms with van der Waals surface area (Å²) in [4.78, 5) is 18.9. The number of thiophene rings is 1. The van der Waals surface area contributed by atoms with Gasteiger partial charge in [0.15, 0.2) is 0 Å². The van der Waals surface area contributed by atoms with Gasteiger partial charge in [-0.25, -0.2) is 9.78 Å². The number of carboxylic acid groups (broad SMARTS) is 1. The second kappa shape index (κ2) is 9.00. The highest BCUT2D eigenvalue weighted by Crippen LogP contribution is 2.28. The Morgan fingerprint density at radius 3 is 2.60 bits per heavy atom. The molecule has 0 aliphatic carbocycles. The first-order chi connectivity index (χ1) is 14.1. The summed E-state index contributed by atoms with van der Waals surface area (Å²) in [6, 6.07) is 6.76. The molecule has 0 bridgehead atoms. The number of imidazole rings is 1. The van der Waals surface area contributed by atoms with Gasteiger partial charge in [0.05, 0.1) is 24.5 Å². The average Bonchev–Trinajstić information content (AvgIpc) is 3.40. The molecule has 1 aliphatic rings. The Balaban J connectivity index is 0.000000318. The maximum Gasteiger partial charge on any atom is 0.490 e. The lowest BCUT2D eigenvalue weighted by Crippen LogP contribution is -2.37. The molecule has 1 aliphatic heterocycles. The van der Waals surface area contributed by atoms with E-state index >= 15 is 0 Å². The fourth-order valence-corrected chi connectivity index (χ4v) is 4.19. The van der Waals surface area contributed by atoms with Crippen molar-refractivity contribution < 1.29 is 23.1 Å². The lowest BCUT2D eigenvalue weighted by molar-refractivity contribution is -0.192. The molecule has 30 heavy (non-hydrogen) atoms. The molecular formula is C19H22F3N5O2S. The van der Waals surface area contributed by atoms with Gasteiger partial charge in [-0.15, -0.1) is 11.3 Å². The summed E-state index contributed by atoms with van der Waals surface area (Å²) < 4.78 is 36.1. The van der Waals surface area contributed by atoms with Crippen LogP contribution in [-0.2, 0) is 24.4 Å². The maximum atomic E-state index is 10.6. The van der Waals surface area contributed by atoms with Crippen LogP contribution in [0, 0.1) is 6.92 Å². The fourth-order valence-electron chi connectivity index (χ4n) is 3.28. The molecule has 162 valence electrons. The van der Waals surface area contributed by atoms with E-state index < -0.39 is 12.1 Å². The largest absolute Gasteiger partial charge is 0.490 e. The van der Waals surface area contributed by atoms with Crippen molar-refractivity contribution in [2.75, 3.05) is 6.54 Å². The third kappa shape index (κ3) is 5.28. The number of aliphatic carboxylic acids is 1. The lowest BCUT2D eigenvalue weighted by Gasteiger charge is -2.34. The van der Waals surface area contributed by atoms with Crippen molar-refractivity contribution in [1.82, 2.24) is 24.2 Å². The van der Waals surface area contributed by atoms with Crippen LogP contribution >= 0.6 is 11.3 Å². The minimum absolute atomic E-state index is 0.345. The number of nitrogens with zero attached hydrogens (tertiary/aromatic N) is 5. The van der Waals surface area contributed by atoms with Crippen molar-refractivity contribution in [2.45, 2.75) is 45.7 Å². The highest BCUT2D eigenvalue weighted by atomic mass is 32.1. The molecule has 0 saturated carbocycles. The lowest BCUT2D eigenvalue weighted by atomic mass is 10.2. The van der Waals surface area contributed by atoms with E-state index in [-0.39, 0.29) is 0 Å². The molecule has 1 N–H and O–H groups in total. The van der Waals surface area contributed by atoms with Gasteiger partial charge in [0.1, 0.15) is 5.82 Å². The molecule has 0 aromatic carbocycles. The Bertz CT molecular complexity index is 981. The minimum Gasteiger partial charge on any atom is -0.475 e. The molecular weight excluding hydrogens is 419 g/mol. The van der Waals surface area contributed by atoms with Crippen molar-refractivity contribution in [3.63, 3.8) is 0 Å². The zero-order valence-electron chi connectivity index (χ0n) is 16.5. The van der Waals surface area contributed by atoms with Gasteiger partial charge in [0.25, 0.3) is 0 Å². The molecule has 0 radical (unpaired) electrons. The monoisotopic (exact) mass is 441 g/mol. The summed E-state index contributed by atoms with van der Waals surface area (Å²) in [7, 11) is 0. The first-order valence-electron chi connectivity index (χ1n) is 9.26. The summed E-state index contributed by atoms with van der Waals surface area (Å²) in [6.07, 6.45) is 0.741. The number of alkyl halides is 3. The van der Waals surface area contributed by atoms with Crippen LogP contribution in [0.2, 0.25) is 0 Å². The first-order valence-corrected chi connectivity index (χ1v) is 10.1. The van der Waals surface area contributed by atoms with Gasteiger partial charge in [0.2, 0.25) is 0 Å². The van der Waals surface area contributed by atoms with Crippen molar-refractivity contribution in [3.8, 4) is 0 Å². The number of hydrogen-bond donors (Lipinski definition) is 1. The number of rotatable bonds is 4. The fraction of sp³-hybridized carbons (Fsp3) is 0.421. The summed E-state index contributed by atoms with van der Waals surface area (Å²) in [5.74, 6) is -1.58. The van der Waals surface area contributed by atoms with Crippen LogP contribution in [0.1, 0.15) is 34.2 Å². The zero-order chi connectivity index (χ0) is 21.9. The third-order valence-corrected chi connectivity index (χ3v) is 5.77. The normalized spacial score (nSPS) is 16.6. The number of halogens is 3. The molecule has 0 fully saturated rings. The van der Waals surface area contributed by atoms with Crippen LogP contribution in [0.3, 0.4) is 0 Å². The summed E-state index contributed by atoms with van der Waals surface area (Å²) in [6.45, 7) is 8.30. The summed E-state index contributed by atoms with van der Waals surface area (Å²) >= 11 is 1.89. The van der Waals surface area contributed by atoms with E-state index in [9.17, 15) is 13.2 Å². The zero-order valence-corrected chi connectivity index (χ0v) is 17.3. The Morgan fingerprint density at radius 2 is 2.03 bits per heavy atom. The van der Waals surface area contributed by atoms with Crippen molar-refractivity contribution in [2.24, 2.45) is 0 Å². The van der Waals surface area contributed by atoms with Gasteiger partial charge in [-0.1, -0.05) is 0 Å². The first kappa shape index (κ1) is 22.0. The Morgan fingerprint density at radius 1 is 1.30 bits per heavy atom. The molecule has 7 nitrogen and oxygen atoms in total. The summed E-state index contributed by atoms with van der Waals surface area (Å²) in [5, 5.41) is 11.4. The van der Waals surface area contributed by atoms with Gasteiger partial charge in [0, 0.05) is 41.8 Å². The van der Waals surface area contributed by atoms with Crippen molar-refractivity contribution in [1.29, 1.82) is 0 Å². The molecule has 1 unspecified atom stereocenters. The molecule has 0 amide bonds. The molecule has 1 atom stereocenters. The Labute approximate surface area is 175 Å². The van der Waals surface area contributed by atoms with Crippen LogP contribution in [-0.4, -0.2) is 48.0 Å². The number of carboxylic acids is 1. The SMILES string of the molecule is Cc1ccc(CN2CCn3c(Cn4cccn4)cnc3C2C)s1.O=C(O)C(F)(F)F. The molecule has 3 aromatic rings. The highest BCUT2D eigenvalue weighted by Gasteiger charge is 2.38. The molecule has 11 heteroatoms. The topological polar surface area (TPSA) is 76.2 Å². The van der Waals surface area contributed by atoms with Gasteiger partial charge >= 0.3 is 12.1 Å². The molecule has 0 spiro atoms. The van der Waals surface area contributed by atoms with Crippen LogP contribution in [0.4, 0.5) is 13.2 Å². The van der Waals surface area contributed by atoms with Gasteiger partial charge in [-0.05, 0) is 32.0 Å². The smallest absolute Gasteiger partial charge is 0.475 e.